The fourth-order valence-corrected chi connectivity index (χ4v) is 3.48. The molecule has 0 bridgehead atoms. The van der Waals surface area contributed by atoms with E-state index in [1.165, 1.54) is 29.2 Å². The van der Waals surface area contributed by atoms with E-state index in [9.17, 15) is 35.9 Å². The summed E-state index contributed by atoms with van der Waals surface area (Å²) in [7, 11) is 0. The molecule has 2 amide bonds. The van der Waals surface area contributed by atoms with Crippen LogP contribution in [0.15, 0.2) is 40.9 Å². The Bertz CT molecular complexity index is 1260. The molecule has 0 saturated carbocycles. The Hall–Kier alpha value is -3.94. The highest BCUT2D eigenvalue weighted by atomic mass is 19.4. The lowest BCUT2D eigenvalue weighted by atomic mass is 10.1. The first-order valence-corrected chi connectivity index (χ1v) is 10.4. The van der Waals surface area contributed by atoms with Crippen molar-refractivity contribution < 1.29 is 45.2 Å². The molecule has 14 heteroatoms. The van der Waals surface area contributed by atoms with Crippen LogP contribution >= 0.6 is 0 Å². The van der Waals surface area contributed by atoms with Crippen LogP contribution in [0.1, 0.15) is 26.6 Å². The third-order valence-electron chi connectivity index (χ3n) is 5.29. The van der Waals surface area contributed by atoms with E-state index in [1.54, 1.807) is 0 Å². The van der Waals surface area contributed by atoms with E-state index >= 15 is 0 Å². The molecule has 190 valence electrons. The van der Waals surface area contributed by atoms with Crippen LogP contribution < -0.4 is 5.32 Å². The molecular weight excluding hydrogens is 498 g/mol. The predicted molar refractivity (Wildman–Crippen MR) is 109 cm³/mol. The second-order valence-corrected chi connectivity index (χ2v) is 7.69. The Balaban J connectivity index is 1.41. The first kappa shape index (κ1) is 25.2. The van der Waals surface area contributed by atoms with Gasteiger partial charge >= 0.3 is 12.1 Å². The van der Waals surface area contributed by atoms with Gasteiger partial charge in [-0.25, -0.2) is 13.2 Å². The van der Waals surface area contributed by atoms with Crippen molar-refractivity contribution in [3.05, 3.63) is 70.9 Å². The summed E-state index contributed by atoms with van der Waals surface area (Å²) in [4.78, 5) is 29.9. The van der Waals surface area contributed by atoms with Crippen molar-refractivity contribution in [1.82, 2.24) is 20.4 Å². The number of carbonyl (C=O) groups excluding carboxylic acids is 2. The molecule has 1 N–H and O–H groups in total. The fourth-order valence-electron chi connectivity index (χ4n) is 3.48. The summed E-state index contributed by atoms with van der Waals surface area (Å²) < 4.78 is 87.7. The number of aromatic nitrogens is 2. The van der Waals surface area contributed by atoms with Crippen molar-refractivity contribution in [2.75, 3.05) is 26.3 Å². The number of ether oxygens (including phenoxy) is 1. The number of carbonyl (C=O) groups is 2. The van der Waals surface area contributed by atoms with Crippen LogP contribution in [0.25, 0.3) is 11.4 Å². The molecule has 0 aliphatic carbocycles. The molecule has 0 unspecified atom stereocenters. The standard InChI is InChI=1S/C22H16F6N4O4/c23-15-7-13(8-16(24)17(15)25)20(34)32-5-6-35-10-14(32)9-29-19(33)12-3-1-11(2-4-12)18-30-21(36-31-18)22(26,27)28/h1-4,7-8,14H,5-6,9-10H2,(H,29,33)/t14-/m1/s1. The van der Waals surface area contributed by atoms with Crippen molar-refractivity contribution in [1.29, 1.82) is 0 Å². The third kappa shape index (κ3) is 5.32. The number of nitrogens with zero attached hydrogens (tertiary/aromatic N) is 3. The zero-order chi connectivity index (χ0) is 26.0. The van der Waals surface area contributed by atoms with Crippen LogP contribution in [0, 0.1) is 17.5 Å². The summed E-state index contributed by atoms with van der Waals surface area (Å²) in [6, 6.07) is 5.82. The first-order chi connectivity index (χ1) is 17.0. The SMILES string of the molecule is O=C(NC[C@@H]1COCCN1C(=O)c1cc(F)c(F)c(F)c1)c1ccc(-c2noc(C(F)(F)F)n2)cc1. The van der Waals surface area contributed by atoms with Gasteiger partial charge in [0.05, 0.1) is 19.3 Å². The molecule has 4 rings (SSSR count). The lowest BCUT2D eigenvalue weighted by Crippen LogP contribution is -2.53. The van der Waals surface area contributed by atoms with Crippen molar-refractivity contribution in [2.45, 2.75) is 12.2 Å². The van der Waals surface area contributed by atoms with Crippen LogP contribution in [0.4, 0.5) is 26.3 Å². The summed E-state index contributed by atoms with van der Waals surface area (Å²) in [6.07, 6.45) is -4.79. The maximum atomic E-state index is 13.6. The normalized spacial score (nSPS) is 16.2. The van der Waals surface area contributed by atoms with Gasteiger partial charge in [0.1, 0.15) is 0 Å². The van der Waals surface area contributed by atoms with Crippen LogP contribution in [0.3, 0.4) is 0 Å². The number of nitrogens with one attached hydrogen (secondary N) is 1. The summed E-state index contributed by atoms with van der Waals surface area (Å²) in [5, 5.41) is 5.87. The fraction of sp³-hybridized carbons (Fsp3) is 0.273. The smallest absolute Gasteiger partial charge is 0.377 e. The van der Waals surface area contributed by atoms with Gasteiger partial charge in [0, 0.05) is 29.8 Å². The number of morpholine rings is 1. The lowest BCUT2D eigenvalue weighted by molar-refractivity contribution is -0.159. The Labute approximate surface area is 198 Å². The Kier molecular flexibility index (Phi) is 6.97. The Morgan fingerprint density at radius 1 is 1.06 bits per heavy atom. The minimum Gasteiger partial charge on any atom is -0.377 e. The van der Waals surface area contributed by atoms with Gasteiger partial charge in [0.15, 0.2) is 17.5 Å². The number of rotatable bonds is 5. The molecule has 1 fully saturated rings. The topological polar surface area (TPSA) is 97.6 Å². The highest BCUT2D eigenvalue weighted by molar-refractivity contribution is 5.95. The van der Waals surface area contributed by atoms with Crippen LogP contribution in [0.5, 0.6) is 0 Å². The van der Waals surface area contributed by atoms with Gasteiger partial charge in [0.25, 0.3) is 11.8 Å². The van der Waals surface area contributed by atoms with E-state index in [0.29, 0.717) is 12.1 Å². The molecule has 2 aromatic carbocycles. The molecule has 0 radical (unpaired) electrons. The minimum absolute atomic E-state index is 0.0243. The van der Waals surface area contributed by atoms with Gasteiger partial charge in [-0.2, -0.15) is 18.2 Å². The molecule has 1 saturated heterocycles. The van der Waals surface area contributed by atoms with Crippen molar-refractivity contribution in [2.24, 2.45) is 0 Å². The van der Waals surface area contributed by atoms with Crippen molar-refractivity contribution >= 4 is 11.8 Å². The number of hydrogen-bond donors (Lipinski definition) is 1. The highest BCUT2D eigenvalue weighted by Gasteiger charge is 2.38. The number of halogens is 6. The van der Waals surface area contributed by atoms with E-state index < -0.39 is 52.9 Å². The Morgan fingerprint density at radius 3 is 2.33 bits per heavy atom. The van der Waals surface area contributed by atoms with Crippen LogP contribution in [0.2, 0.25) is 0 Å². The molecular formula is C22H16F6N4O4. The number of alkyl halides is 3. The van der Waals surface area contributed by atoms with Gasteiger partial charge in [0.2, 0.25) is 5.82 Å². The minimum atomic E-state index is -4.79. The summed E-state index contributed by atoms with van der Waals surface area (Å²) in [5.41, 5.74) is -0.0621. The van der Waals surface area contributed by atoms with Gasteiger partial charge in [-0.1, -0.05) is 17.3 Å². The molecule has 1 aliphatic rings. The molecule has 1 atom stereocenters. The van der Waals surface area contributed by atoms with Crippen LogP contribution in [-0.2, 0) is 10.9 Å². The highest BCUT2D eigenvalue weighted by Crippen LogP contribution is 2.29. The van der Waals surface area contributed by atoms with Gasteiger partial charge in [-0.3, -0.25) is 9.59 Å². The largest absolute Gasteiger partial charge is 0.471 e. The molecule has 2 heterocycles. The zero-order valence-corrected chi connectivity index (χ0v) is 18.1. The average molecular weight is 514 g/mol. The third-order valence-corrected chi connectivity index (χ3v) is 5.29. The van der Waals surface area contributed by atoms with E-state index in [4.69, 9.17) is 4.74 Å². The second-order valence-electron chi connectivity index (χ2n) is 7.69. The zero-order valence-electron chi connectivity index (χ0n) is 18.1. The summed E-state index contributed by atoms with van der Waals surface area (Å²) >= 11 is 0. The maximum Gasteiger partial charge on any atom is 0.471 e. The van der Waals surface area contributed by atoms with E-state index in [-0.39, 0.29) is 43.3 Å². The average Bonchev–Trinajstić information content (AvgIpc) is 3.36. The molecule has 1 aliphatic heterocycles. The molecule has 8 nitrogen and oxygen atoms in total. The van der Waals surface area contributed by atoms with Crippen molar-refractivity contribution in [3.63, 3.8) is 0 Å². The molecule has 1 aromatic heterocycles. The molecule has 0 spiro atoms. The van der Waals surface area contributed by atoms with Crippen molar-refractivity contribution in [3.8, 4) is 11.4 Å². The van der Waals surface area contributed by atoms with E-state index in [2.05, 4.69) is 20.0 Å². The van der Waals surface area contributed by atoms with Gasteiger partial charge < -0.3 is 19.5 Å². The quantitative estimate of drug-likeness (QED) is 0.414. The molecule has 3 aromatic rings. The summed E-state index contributed by atoms with van der Waals surface area (Å²) in [6.45, 7) is 0.157. The maximum absolute atomic E-state index is 13.6. The van der Waals surface area contributed by atoms with Gasteiger partial charge in [-0.05, 0) is 24.3 Å². The molecule has 36 heavy (non-hydrogen) atoms. The van der Waals surface area contributed by atoms with Crippen LogP contribution in [-0.4, -0.2) is 59.2 Å². The van der Waals surface area contributed by atoms with E-state index in [1.807, 2.05) is 0 Å². The second kappa shape index (κ2) is 9.97. The lowest BCUT2D eigenvalue weighted by Gasteiger charge is -2.35. The number of amides is 2. The number of benzene rings is 2. The first-order valence-electron chi connectivity index (χ1n) is 10.4. The number of hydrogen-bond acceptors (Lipinski definition) is 6. The monoisotopic (exact) mass is 514 g/mol. The van der Waals surface area contributed by atoms with Gasteiger partial charge in [-0.15, -0.1) is 0 Å². The summed E-state index contributed by atoms with van der Waals surface area (Å²) in [5.74, 6) is -7.84. The van der Waals surface area contributed by atoms with E-state index in [0.717, 1.165) is 0 Å². The Morgan fingerprint density at radius 2 is 1.72 bits per heavy atom. The predicted octanol–water partition coefficient (Wildman–Crippen LogP) is 3.44.